The first kappa shape index (κ1) is 14.4. The summed E-state index contributed by atoms with van der Waals surface area (Å²) in [7, 11) is 0. The van der Waals surface area contributed by atoms with Crippen LogP contribution in [-0.2, 0) is 0 Å². The summed E-state index contributed by atoms with van der Waals surface area (Å²) in [6.07, 6.45) is 5.28. The smallest absolute Gasteiger partial charge is 0.270 e. The molecule has 3 rings (SSSR count). The van der Waals surface area contributed by atoms with Crippen molar-refractivity contribution in [3.05, 3.63) is 58.0 Å². The standard InChI is InChI=1S/C16H18N4O2/c1-11-9-17-10-14(18-11)12-5-7-20(8-6-12)16(22)13-3-2-4-15(21)19-13/h2-4,9-10,12H,5-8H2,1H3,(H,19,21). The van der Waals surface area contributed by atoms with Crippen LogP contribution in [0.4, 0.5) is 0 Å². The van der Waals surface area contributed by atoms with Crippen LogP contribution in [0, 0.1) is 6.92 Å². The third-order valence-corrected chi connectivity index (χ3v) is 3.97. The molecule has 0 aromatic carbocycles. The third kappa shape index (κ3) is 3.05. The van der Waals surface area contributed by atoms with Crippen LogP contribution in [0.3, 0.4) is 0 Å². The third-order valence-electron chi connectivity index (χ3n) is 3.97. The van der Waals surface area contributed by atoms with Gasteiger partial charge in [-0.2, -0.15) is 0 Å². The molecule has 1 N–H and O–H groups in total. The van der Waals surface area contributed by atoms with Crippen LogP contribution in [0.25, 0.3) is 0 Å². The number of carbonyl (C=O) groups is 1. The van der Waals surface area contributed by atoms with E-state index in [-0.39, 0.29) is 11.5 Å². The summed E-state index contributed by atoms with van der Waals surface area (Å²) in [6.45, 7) is 3.26. The molecule has 6 nitrogen and oxygen atoms in total. The Hall–Kier alpha value is -2.50. The lowest BCUT2D eigenvalue weighted by Gasteiger charge is -2.31. The van der Waals surface area contributed by atoms with E-state index in [0.29, 0.717) is 24.7 Å². The average molecular weight is 298 g/mol. The molecule has 1 saturated heterocycles. The van der Waals surface area contributed by atoms with Gasteiger partial charge in [0, 0.05) is 37.5 Å². The monoisotopic (exact) mass is 298 g/mol. The number of aromatic amines is 1. The number of likely N-dealkylation sites (tertiary alicyclic amines) is 1. The molecule has 0 bridgehead atoms. The van der Waals surface area contributed by atoms with Gasteiger partial charge in [-0.25, -0.2) is 0 Å². The van der Waals surface area contributed by atoms with Crippen molar-refractivity contribution >= 4 is 5.91 Å². The van der Waals surface area contributed by atoms with E-state index in [1.165, 1.54) is 6.07 Å². The van der Waals surface area contributed by atoms with E-state index in [1.54, 1.807) is 23.2 Å². The summed E-state index contributed by atoms with van der Waals surface area (Å²) in [5.74, 6) is 0.220. The first-order valence-electron chi connectivity index (χ1n) is 7.40. The van der Waals surface area contributed by atoms with Gasteiger partial charge in [-0.1, -0.05) is 6.07 Å². The van der Waals surface area contributed by atoms with Crippen LogP contribution in [0.5, 0.6) is 0 Å². The number of hydrogen-bond acceptors (Lipinski definition) is 4. The molecular weight excluding hydrogens is 280 g/mol. The number of nitrogens with zero attached hydrogens (tertiary/aromatic N) is 3. The van der Waals surface area contributed by atoms with E-state index in [9.17, 15) is 9.59 Å². The molecule has 22 heavy (non-hydrogen) atoms. The molecular formula is C16H18N4O2. The lowest BCUT2D eigenvalue weighted by atomic mass is 9.93. The highest BCUT2D eigenvalue weighted by Gasteiger charge is 2.25. The number of pyridine rings is 1. The molecule has 1 amide bonds. The van der Waals surface area contributed by atoms with Gasteiger partial charge in [0.15, 0.2) is 0 Å². The van der Waals surface area contributed by atoms with Crippen molar-refractivity contribution in [3.8, 4) is 0 Å². The molecule has 0 saturated carbocycles. The molecule has 0 unspecified atom stereocenters. The van der Waals surface area contributed by atoms with Crippen LogP contribution in [-0.4, -0.2) is 38.8 Å². The topological polar surface area (TPSA) is 79.0 Å². The van der Waals surface area contributed by atoms with Crippen LogP contribution < -0.4 is 5.56 Å². The highest BCUT2D eigenvalue weighted by atomic mass is 16.2. The Balaban J connectivity index is 1.67. The summed E-state index contributed by atoms with van der Waals surface area (Å²) >= 11 is 0. The largest absolute Gasteiger partial charge is 0.337 e. The van der Waals surface area contributed by atoms with Crippen molar-refractivity contribution in [2.24, 2.45) is 0 Å². The van der Waals surface area contributed by atoms with Gasteiger partial charge in [0.1, 0.15) is 5.69 Å². The number of piperidine rings is 1. The first-order chi connectivity index (χ1) is 10.6. The normalized spacial score (nSPS) is 15.8. The van der Waals surface area contributed by atoms with Crippen molar-refractivity contribution in [1.29, 1.82) is 0 Å². The number of aromatic nitrogens is 3. The van der Waals surface area contributed by atoms with Crippen LogP contribution in [0.15, 0.2) is 35.4 Å². The Morgan fingerprint density at radius 2 is 2.05 bits per heavy atom. The SMILES string of the molecule is Cc1cncc(C2CCN(C(=O)c3cccc(=O)[nH]3)CC2)n1. The molecule has 6 heteroatoms. The minimum Gasteiger partial charge on any atom is -0.337 e. The van der Waals surface area contributed by atoms with Gasteiger partial charge < -0.3 is 9.88 Å². The van der Waals surface area contributed by atoms with Gasteiger partial charge in [0.25, 0.3) is 5.91 Å². The lowest BCUT2D eigenvalue weighted by molar-refractivity contribution is 0.0705. The van der Waals surface area contributed by atoms with Crippen molar-refractivity contribution in [2.45, 2.75) is 25.7 Å². The lowest BCUT2D eigenvalue weighted by Crippen LogP contribution is -2.39. The van der Waals surface area contributed by atoms with Crippen molar-refractivity contribution in [2.75, 3.05) is 13.1 Å². The molecule has 0 spiro atoms. The van der Waals surface area contributed by atoms with Gasteiger partial charge in [0.2, 0.25) is 5.56 Å². The number of amides is 1. The zero-order chi connectivity index (χ0) is 15.5. The van der Waals surface area contributed by atoms with Gasteiger partial charge in [0.05, 0.1) is 11.4 Å². The molecule has 2 aromatic heterocycles. The summed E-state index contributed by atoms with van der Waals surface area (Å²) in [6, 6.07) is 4.64. The van der Waals surface area contributed by atoms with Crippen LogP contribution in [0.1, 0.15) is 40.6 Å². The molecule has 3 heterocycles. The van der Waals surface area contributed by atoms with Crippen LogP contribution >= 0.6 is 0 Å². The highest BCUT2D eigenvalue weighted by Crippen LogP contribution is 2.26. The van der Waals surface area contributed by atoms with Gasteiger partial charge in [-0.05, 0) is 25.8 Å². The van der Waals surface area contributed by atoms with E-state index >= 15 is 0 Å². The Morgan fingerprint density at radius 1 is 1.27 bits per heavy atom. The molecule has 114 valence electrons. The number of nitrogens with one attached hydrogen (secondary N) is 1. The number of rotatable bonds is 2. The fraction of sp³-hybridized carbons (Fsp3) is 0.375. The zero-order valence-corrected chi connectivity index (χ0v) is 12.5. The van der Waals surface area contributed by atoms with Crippen molar-refractivity contribution < 1.29 is 4.79 Å². The number of H-pyrrole nitrogens is 1. The molecule has 1 aliphatic heterocycles. The predicted octanol–water partition coefficient (Wildman–Crippen LogP) is 1.49. The molecule has 0 radical (unpaired) electrons. The minimum atomic E-state index is -0.254. The molecule has 0 aliphatic carbocycles. The average Bonchev–Trinajstić information content (AvgIpc) is 2.54. The Morgan fingerprint density at radius 3 is 2.73 bits per heavy atom. The molecule has 2 aromatic rings. The predicted molar refractivity (Wildman–Crippen MR) is 81.7 cm³/mol. The minimum absolute atomic E-state index is 0.119. The van der Waals surface area contributed by atoms with E-state index in [0.717, 1.165) is 24.2 Å². The summed E-state index contributed by atoms with van der Waals surface area (Å²) in [5.41, 5.74) is 2.01. The maximum atomic E-state index is 12.4. The van der Waals surface area contributed by atoms with Crippen LogP contribution in [0.2, 0.25) is 0 Å². The second kappa shape index (κ2) is 6.09. The molecule has 0 atom stereocenters. The van der Waals surface area contributed by atoms with E-state index < -0.39 is 0 Å². The number of aryl methyl sites for hydroxylation is 1. The summed E-state index contributed by atoms with van der Waals surface area (Å²) < 4.78 is 0. The fourth-order valence-corrected chi connectivity index (χ4v) is 2.80. The summed E-state index contributed by atoms with van der Waals surface area (Å²) in [4.78, 5) is 36.8. The Bertz CT molecular complexity index is 733. The first-order valence-corrected chi connectivity index (χ1v) is 7.40. The van der Waals surface area contributed by atoms with Gasteiger partial charge >= 0.3 is 0 Å². The van der Waals surface area contributed by atoms with E-state index in [2.05, 4.69) is 15.0 Å². The zero-order valence-electron chi connectivity index (χ0n) is 12.5. The quantitative estimate of drug-likeness (QED) is 0.911. The second-order valence-corrected chi connectivity index (χ2v) is 5.58. The van der Waals surface area contributed by atoms with Gasteiger partial charge in [-0.3, -0.25) is 19.6 Å². The second-order valence-electron chi connectivity index (χ2n) is 5.58. The molecule has 1 fully saturated rings. The van der Waals surface area contributed by atoms with E-state index in [4.69, 9.17) is 0 Å². The molecule has 1 aliphatic rings. The maximum absolute atomic E-state index is 12.4. The Labute approximate surface area is 128 Å². The maximum Gasteiger partial charge on any atom is 0.270 e. The number of carbonyl (C=O) groups excluding carboxylic acids is 1. The van der Waals surface area contributed by atoms with Crippen molar-refractivity contribution in [3.63, 3.8) is 0 Å². The number of hydrogen-bond donors (Lipinski definition) is 1. The Kier molecular flexibility index (Phi) is 4.00. The van der Waals surface area contributed by atoms with Gasteiger partial charge in [-0.15, -0.1) is 0 Å². The van der Waals surface area contributed by atoms with Crippen molar-refractivity contribution in [1.82, 2.24) is 19.9 Å². The summed E-state index contributed by atoms with van der Waals surface area (Å²) in [5, 5.41) is 0. The fourth-order valence-electron chi connectivity index (χ4n) is 2.80. The highest BCUT2D eigenvalue weighted by molar-refractivity contribution is 5.92. The van der Waals surface area contributed by atoms with E-state index in [1.807, 2.05) is 13.1 Å².